The number of hydrogen-bond acceptors (Lipinski definition) is 6. The zero-order chi connectivity index (χ0) is 21.3. The number of carbonyl (C=O) groups excluding carboxylic acids is 2. The Bertz CT molecular complexity index is 1130. The number of anilines is 2. The Morgan fingerprint density at radius 1 is 1.17 bits per heavy atom. The largest absolute Gasteiger partial charge is 0.496 e. The summed E-state index contributed by atoms with van der Waals surface area (Å²) in [6, 6.07) is 15.4. The molecule has 6 nitrogen and oxygen atoms in total. The van der Waals surface area contributed by atoms with Crippen LogP contribution < -0.4 is 10.1 Å². The van der Waals surface area contributed by atoms with E-state index in [1.807, 2.05) is 55.5 Å². The lowest BCUT2D eigenvalue weighted by Gasteiger charge is -2.28. The first kappa shape index (κ1) is 19.8. The molecule has 0 saturated heterocycles. The third kappa shape index (κ3) is 3.68. The molecule has 1 heterocycles. The summed E-state index contributed by atoms with van der Waals surface area (Å²) in [5.41, 5.74) is 4.41. The van der Waals surface area contributed by atoms with Crippen molar-refractivity contribution in [3.05, 3.63) is 65.9 Å². The minimum atomic E-state index is -0.544. The number of methoxy groups -OCH3 is 1. The summed E-state index contributed by atoms with van der Waals surface area (Å²) in [7, 11) is 1.63. The quantitative estimate of drug-likeness (QED) is 0.641. The van der Waals surface area contributed by atoms with E-state index in [4.69, 9.17) is 4.74 Å². The monoisotopic (exact) mass is 401 g/mol. The second-order valence-electron chi connectivity index (χ2n) is 7.52. The van der Waals surface area contributed by atoms with E-state index in [9.17, 15) is 9.59 Å². The smallest absolute Gasteiger partial charge is 0.227 e. The maximum Gasteiger partial charge on any atom is 0.227 e. The molecule has 0 saturated carbocycles. The number of nitrogens with one attached hydrogen (secondary N) is 1. The van der Waals surface area contributed by atoms with Gasteiger partial charge in [-0.1, -0.05) is 25.1 Å². The van der Waals surface area contributed by atoms with Gasteiger partial charge in [0.15, 0.2) is 0 Å². The molecule has 2 unspecified atom stereocenters. The van der Waals surface area contributed by atoms with Crippen LogP contribution in [0.2, 0.25) is 0 Å². The Morgan fingerprint density at radius 3 is 2.73 bits per heavy atom. The molecule has 0 radical (unpaired) electrons. The van der Waals surface area contributed by atoms with E-state index in [0.717, 1.165) is 33.8 Å². The average molecular weight is 401 g/mol. The fraction of sp³-hybridized carbons (Fsp3) is 0.250. The van der Waals surface area contributed by atoms with Crippen molar-refractivity contribution in [3.63, 3.8) is 0 Å². The van der Waals surface area contributed by atoms with Crippen molar-refractivity contribution < 1.29 is 14.3 Å². The molecule has 1 aliphatic rings. The van der Waals surface area contributed by atoms with Gasteiger partial charge in [-0.2, -0.15) is 0 Å². The number of para-hydroxylation sites is 1. The van der Waals surface area contributed by atoms with E-state index in [0.29, 0.717) is 5.95 Å². The first-order valence-electron chi connectivity index (χ1n) is 9.87. The number of fused-ring (bicyclic) bond motifs is 1. The second-order valence-corrected chi connectivity index (χ2v) is 7.52. The molecular weight excluding hydrogens is 378 g/mol. The van der Waals surface area contributed by atoms with Gasteiger partial charge in [-0.15, -0.1) is 0 Å². The molecule has 2 atom stereocenters. The molecular formula is C24H23N3O3. The SMILES string of the molecule is COc1ccccc1-c1ccnc(Nc2ccc3c(c2)CC(=O)C(C(C)=O)C3C)n1. The highest BCUT2D eigenvalue weighted by Gasteiger charge is 2.35. The highest BCUT2D eigenvalue weighted by atomic mass is 16.5. The van der Waals surface area contributed by atoms with Crippen LogP contribution in [0.5, 0.6) is 5.75 Å². The summed E-state index contributed by atoms with van der Waals surface area (Å²) in [6.07, 6.45) is 1.96. The second kappa shape index (κ2) is 8.06. The van der Waals surface area contributed by atoms with E-state index in [1.54, 1.807) is 13.3 Å². The molecule has 0 bridgehead atoms. The molecule has 4 rings (SSSR count). The van der Waals surface area contributed by atoms with Crippen LogP contribution in [0.1, 0.15) is 30.9 Å². The van der Waals surface area contributed by atoms with Gasteiger partial charge in [0, 0.05) is 23.9 Å². The lowest BCUT2D eigenvalue weighted by molar-refractivity contribution is -0.132. The van der Waals surface area contributed by atoms with Crippen LogP contribution in [0.3, 0.4) is 0 Å². The van der Waals surface area contributed by atoms with Crippen LogP contribution in [-0.2, 0) is 16.0 Å². The van der Waals surface area contributed by atoms with Crippen LogP contribution in [0, 0.1) is 5.92 Å². The lowest BCUT2D eigenvalue weighted by Crippen LogP contribution is -2.33. The molecule has 1 N–H and O–H groups in total. The zero-order valence-corrected chi connectivity index (χ0v) is 17.2. The van der Waals surface area contributed by atoms with E-state index in [-0.39, 0.29) is 23.9 Å². The number of hydrogen-bond donors (Lipinski definition) is 1. The third-order valence-electron chi connectivity index (χ3n) is 5.58. The molecule has 2 aromatic carbocycles. The molecule has 30 heavy (non-hydrogen) atoms. The van der Waals surface area contributed by atoms with Gasteiger partial charge < -0.3 is 10.1 Å². The number of aromatic nitrogens is 2. The van der Waals surface area contributed by atoms with Crippen LogP contribution >= 0.6 is 0 Å². The molecule has 0 spiro atoms. The minimum absolute atomic E-state index is 0.0194. The molecule has 6 heteroatoms. The summed E-state index contributed by atoms with van der Waals surface area (Å²) in [6.45, 7) is 3.43. The standard InChI is InChI=1S/C24H23N3O3/c1-14-18-9-8-17(12-16(18)13-21(29)23(14)15(2)28)26-24-25-11-10-20(27-24)19-6-4-5-7-22(19)30-3/h4-12,14,23H,13H2,1-3H3,(H,25,26,27). The molecule has 0 aliphatic heterocycles. The number of rotatable bonds is 5. The topological polar surface area (TPSA) is 81.2 Å². The van der Waals surface area contributed by atoms with Gasteiger partial charge in [-0.05, 0) is 54.3 Å². The van der Waals surface area contributed by atoms with Crippen molar-refractivity contribution in [3.8, 4) is 17.0 Å². The van der Waals surface area contributed by atoms with Crippen molar-refractivity contribution in [2.45, 2.75) is 26.2 Å². The maximum absolute atomic E-state index is 12.5. The van der Waals surface area contributed by atoms with Crippen LogP contribution in [-0.4, -0.2) is 28.6 Å². The van der Waals surface area contributed by atoms with E-state index >= 15 is 0 Å². The maximum atomic E-state index is 12.5. The fourth-order valence-electron chi connectivity index (χ4n) is 4.17. The molecule has 152 valence electrons. The third-order valence-corrected chi connectivity index (χ3v) is 5.58. The van der Waals surface area contributed by atoms with Gasteiger partial charge >= 0.3 is 0 Å². The number of benzene rings is 2. The zero-order valence-electron chi connectivity index (χ0n) is 17.2. The summed E-state index contributed by atoms with van der Waals surface area (Å²) in [5.74, 6) is 0.449. The number of nitrogens with zero attached hydrogens (tertiary/aromatic N) is 2. The summed E-state index contributed by atoms with van der Waals surface area (Å²) >= 11 is 0. The van der Waals surface area contributed by atoms with Crippen LogP contribution in [0.15, 0.2) is 54.7 Å². The van der Waals surface area contributed by atoms with Gasteiger partial charge in [0.05, 0.1) is 18.7 Å². The first-order valence-corrected chi connectivity index (χ1v) is 9.87. The number of ether oxygens (including phenoxy) is 1. The van der Waals surface area contributed by atoms with E-state index < -0.39 is 5.92 Å². The Hall–Kier alpha value is -3.54. The predicted octanol–water partition coefficient (Wildman–Crippen LogP) is 4.33. The van der Waals surface area contributed by atoms with Gasteiger partial charge in [-0.3, -0.25) is 9.59 Å². The first-order chi connectivity index (χ1) is 14.5. The molecule has 1 aliphatic carbocycles. The van der Waals surface area contributed by atoms with Gasteiger partial charge in [-0.25, -0.2) is 9.97 Å². The van der Waals surface area contributed by atoms with Crippen molar-refractivity contribution in [1.29, 1.82) is 0 Å². The number of Topliss-reactive ketones (excluding diaryl/α,β-unsaturated/α-hetero) is 2. The number of ketones is 2. The highest BCUT2D eigenvalue weighted by molar-refractivity contribution is 6.04. The molecule has 3 aromatic rings. The summed E-state index contributed by atoms with van der Waals surface area (Å²) < 4.78 is 5.43. The van der Waals surface area contributed by atoms with Crippen molar-refractivity contribution in [1.82, 2.24) is 9.97 Å². The lowest BCUT2D eigenvalue weighted by atomic mass is 9.73. The average Bonchev–Trinajstić information content (AvgIpc) is 2.73. The van der Waals surface area contributed by atoms with E-state index in [2.05, 4.69) is 15.3 Å². The molecule has 0 amide bonds. The minimum Gasteiger partial charge on any atom is -0.496 e. The predicted molar refractivity (Wildman–Crippen MR) is 115 cm³/mol. The van der Waals surface area contributed by atoms with Gasteiger partial charge in [0.1, 0.15) is 17.3 Å². The Balaban J connectivity index is 1.61. The fourth-order valence-corrected chi connectivity index (χ4v) is 4.17. The molecule has 1 aromatic heterocycles. The Morgan fingerprint density at radius 2 is 1.97 bits per heavy atom. The van der Waals surface area contributed by atoms with Gasteiger partial charge in [0.2, 0.25) is 5.95 Å². The van der Waals surface area contributed by atoms with Crippen molar-refractivity contribution in [2.24, 2.45) is 5.92 Å². The van der Waals surface area contributed by atoms with Crippen LogP contribution in [0.25, 0.3) is 11.3 Å². The Labute approximate surface area is 175 Å². The highest BCUT2D eigenvalue weighted by Crippen LogP contribution is 2.36. The van der Waals surface area contributed by atoms with E-state index in [1.165, 1.54) is 6.92 Å². The van der Waals surface area contributed by atoms with Crippen molar-refractivity contribution >= 4 is 23.2 Å². The van der Waals surface area contributed by atoms with Crippen LogP contribution in [0.4, 0.5) is 11.6 Å². The number of carbonyl (C=O) groups is 2. The summed E-state index contributed by atoms with van der Waals surface area (Å²) in [4.78, 5) is 33.3. The Kier molecular flexibility index (Phi) is 5.31. The van der Waals surface area contributed by atoms with Gasteiger partial charge in [0.25, 0.3) is 0 Å². The molecule has 0 fully saturated rings. The summed E-state index contributed by atoms with van der Waals surface area (Å²) in [5, 5.41) is 3.22. The normalized spacial score (nSPS) is 17.9. The van der Waals surface area contributed by atoms with Crippen molar-refractivity contribution in [2.75, 3.05) is 12.4 Å².